The molecule has 8 nitrogen and oxygen atoms in total. The molecule has 2 N–H and O–H groups in total. The van der Waals surface area contributed by atoms with E-state index < -0.39 is 36.3 Å². The van der Waals surface area contributed by atoms with Crippen LogP contribution in [0.4, 0.5) is 0 Å². The van der Waals surface area contributed by atoms with E-state index in [1.807, 2.05) is 0 Å². The van der Waals surface area contributed by atoms with Crippen LogP contribution in [-0.4, -0.2) is 43.4 Å². The monoisotopic (exact) mass is 418 g/mol. The van der Waals surface area contributed by atoms with E-state index in [2.05, 4.69) is 10.6 Å². The normalized spacial score (nSPS) is 11.1. The molecule has 152 valence electrons. The number of hydrogen-bond acceptors (Lipinski definition) is 6. The van der Waals surface area contributed by atoms with Crippen molar-refractivity contribution >= 4 is 35.3 Å². The summed E-state index contributed by atoms with van der Waals surface area (Å²) >= 11 is 5.93. The fraction of sp³-hybridized carbons (Fsp3) is 0.200. The van der Waals surface area contributed by atoms with Gasteiger partial charge in [0.25, 0.3) is 17.7 Å². The Morgan fingerprint density at radius 3 is 2.28 bits per heavy atom. The van der Waals surface area contributed by atoms with E-state index in [1.165, 1.54) is 32.2 Å². The van der Waals surface area contributed by atoms with E-state index in [1.54, 1.807) is 30.3 Å². The molecule has 1 atom stereocenters. The Morgan fingerprint density at radius 1 is 1.00 bits per heavy atom. The van der Waals surface area contributed by atoms with E-state index >= 15 is 0 Å². The highest BCUT2D eigenvalue weighted by Gasteiger charge is 2.20. The van der Waals surface area contributed by atoms with Gasteiger partial charge in [-0.25, -0.2) is 4.79 Å². The Bertz CT molecular complexity index is 913. The molecular formula is C20H19ClN2O6. The van der Waals surface area contributed by atoms with Crippen molar-refractivity contribution in [1.29, 1.82) is 0 Å². The Morgan fingerprint density at radius 2 is 1.66 bits per heavy atom. The number of carbonyl (C=O) groups is 4. The Kier molecular flexibility index (Phi) is 7.73. The number of amides is 3. The molecule has 1 unspecified atom stereocenters. The lowest BCUT2D eigenvalue weighted by Gasteiger charge is -2.14. The van der Waals surface area contributed by atoms with Crippen LogP contribution in [-0.2, 0) is 14.3 Å². The second kappa shape index (κ2) is 10.2. The molecule has 0 spiro atoms. The van der Waals surface area contributed by atoms with Crippen LogP contribution >= 0.6 is 11.6 Å². The van der Waals surface area contributed by atoms with Crippen LogP contribution in [0.25, 0.3) is 0 Å². The molecule has 9 heteroatoms. The second-order valence-electron chi connectivity index (χ2n) is 5.89. The van der Waals surface area contributed by atoms with Crippen LogP contribution in [0.5, 0.6) is 5.75 Å². The number of esters is 1. The first-order valence-electron chi connectivity index (χ1n) is 8.52. The first kappa shape index (κ1) is 21.9. The van der Waals surface area contributed by atoms with Crippen LogP contribution < -0.4 is 15.4 Å². The van der Waals surface area contributed by atoms with Gasteiger partial charge in [-0.2, -0.15) is 0 Å². The maximum Gasteiger partial charge on any atom is 0.328 e. The third-order valence-corrected chi connectivity index (χ3v) is 4.10. The summed E-state index contributed by atoms with van der Waals surface area (Å²) in [6, 6.07) is 11.4. The predicted molar refractivity (Wildman–Crippen MR) is 105 cm³/mol. The van der Waals surface area contributed by atoms with Gasteiger partial charge >= 0.3 is 5.97 Å². The van der Waals surface area contributed by atoms with Gasteiger partial charge in [0.2, 0.25) is 0 Å². The zero-order valence-electron chi connectivity index (χ0n) is 15.7. The maximum atomic E-state index is 12.1. The van der Waals surface area contributed by atoms with Crippen molar-refractivity contribution in [3.63, 3.8) is 0 Å². The topological polar surface area (TPSA) is 111 Å². The number of carbonyl (C=O) groups excluding carboxylic acids is 4. The molecule has 2 aromatic carbocycles. The van der Waals surface area contributed by atoms with Crippen molar-refractivity contribution in [3.05, 3.63) is 64.7 Å². The predicted octanol–water partition coefficient (Wildman–Crippen LogP) is 1.97. The van der Waals surface area contributed by atoms with Gasteiger partial charge in [-0.05, 0) is 43.3 Å². The molecule has 0 saturated heterocycles. The van der Waals surface area contributed by atoms with E-state index in [0.717, 1.165) is 0 Å². The van der Waals surface area contributed by atoms with Crippen molar-refractivity contribution in [2.24, 2.45) is 0 Å². The molecule has 0 fully saturated rings. The minimum absolute atomic E-state index is 0.205. The SMILES string of the molecule is COc1ccc(C(=O)NC(=O)COC(=O)C(C)NC(=O)c2ccccc2Cl)cc1. The van der Waals surface area contributed by atoms with Crippen molar-refractivity contribution in [2.75, 3.05) is 13.7 Å². The molecule has 0 radical (unpaired) electrons. The fourth-order valence-corrected chi connectivity index (χ4v) is 2.44. The molecule has 0 aliphatic carbocycles. The van der Waals surface area contributed by atoms with Crippen molar-refractivity contribution in [1.82, 2.24) is 10.6 Å². The number of hydrogen-bond donors (Lipinski definition) is 2. The average Bonchev–Trinajstić information content (AvgIpc) is 2.72. The zero-order valence-corrected chi connectivity index (χ0v) is 16.5. The first-order valence-corrected chi connectivity index (χ1v) is 8.90. The summed E-state index contributed by atoms with van der Waals surface area (Å²) in [5.74, 6) is -2.27. The summed E-state index contributed by atoms with van der Waals surface area (Å²) in [5.41, 5.74) is 0.447. The maximum absolute atomic E-state index is 12.1. The third-order valence-electron chi connectivity index (χ3n) is 3.77. The fourth-order valence-electron chi connectivity index (χ4n) is 2.22. The summed E-state index contributed by atoms with van der Waals surface area (Å²) in [4.78, 5) is 47.9. The molecule has 3 amide bonds. The van der Waals surface area contributed by atoms with E-state index in [0.29, 0.717) is 5.75 Å². The number of ether oxygens (including phenoxy) is 2. The molecule has 0 aliphatic heterocycles. The van der Waals surface area contributed by atoms with Crippen LogP contribution in [0, 0.1) is 0 Å². The van der Waals surface area contributed by atoms with Crippen molar-refractivity contribution < 1.29 is 28.7 Å². The Hall–Kier alpha value is -3.39. The number of methoxy groups -OCH3 is 1. The van der Waals surface area contributed by atoms with E-state index in [4.69, 9.17) is 21.1 Å². The lowest BCUT2D eigenvalue weighted by atomic mass is 10.2. The number of halogens is 1. The van der Waals surface area contributed by atoms with Gasteiger partial charge in [0.15, 0.2) is 6.61 Å². The second-order valence-corrected chi connectivity index (χ2v) is 6.30. The summed E-state index contributed by atoms with van der Waals surface area (Å²) < 4.78 is 9.82. The number of benzene rings is 2. The Balaban J connectivity index is 1.81. The molecule has 0 heterocycles. The standard InChI is InChI=1S/C20H19ClN2O6/c1-12(22-19(26)15-5-3-4-6-16(15)21)20(27)29-11-17(24)23-18(25)13-7-9-14(28-2)10-8-13/h3-10,12H,11H2,1-2H3,(H,22,26)(H,23,24,25). The molecule has 0 bridgehead atoms. The van der Waals surface area contributed by atoms with Crippen LogP contribution in [0.15, 0.2) is 48.5 Å². The summed E-state index contributed by atoms with van der Waals surface area (Å²) in [6.45, 7) is 0.727. The van der Waals surface area contributed by atoms with Gasteiger partial charge in [0.1, 0.15) is 11.8 Å². The van der Waals surface area contributed by atoms with Crippen molar-refractivity contribution in [3.8, 4) is 5.75 Å². The highest BCUT2D eigenvalue weighted by molar-refractivity contribution is 6.33. The van der Waals surface area contributed by atoms with Crippen LogP contribution in [0.1, 0.15) is 27.6 Å². The highest BCUT2D eigenvalue weighted by Crippen LogP contribution is 2.14. The van der Waals surface area contributed by atoms with Gasteiger partial charge in [-0.1, -0.05) is 23.7 Å². The molecule has 0 aliphatic rings. The minimum Gasteiger partial charge on any atom is -0.497 e. The molecular weight excluding hydrogens is 400 g/mol. The molecule has 29 heavy (non-hydrogen) atoms. The largest absolute Gasteiger partial charge is 0.497 e. The zero-order chi connectivity index (χ0) is 21.4. The number of imide groups is 1. The summed E-state index contributed by atoms with van der Waals surface area (Å²) in [6.07, 6.45) is 0. The third kappa shape index (κ3) is 6.32. The average molecular weight is 419 g/mol. The van der Waals surface area contributed by atoms with Gasteiger partial charge in [-0.15, -0.1) is 0 Å². The lowest BCUT2D eigenvalue weighted by Crippen LogP contribution is -2.41. The van der Waals surface area contributed by atoms with Gasteiger partial charge in [-0.3, -0.25) is 19.7 Å². The molecule has 2 rings (SSSR count). The number of nitrogens with one attached hydrogen (secondary N) is 2. The number of rotatable bonds is 7. The molecule has 2 aromatic rings. The summed E-state index contributed by atoms with van der Waals surface area (Å²) in [5, 5.41) is 4.77. The van der Waals surface area contributed by atoms with Crippen LogP contribution in [0.3, 0.4) is 0 Å². The van der Waals surface area contributed by atoms with E-state index in [-0.39, 0.29) is 16.1 Å². The smallest absolute Gasteiger partial charge is 0.328 e. The van der Waals surface area contributed by atoms with Crippen LogP contribution in [0.2, 0.25) is 5.02 Å². The van der Waals surface area contributed by atoms with E-state index in [9.17, 15) is 19.2 Å². The van der Waals surface area contributed by atoms with Gasteiger partial charge in [0.05, 0.1) is 17.7 Å². The minimum atomic E-state index is -1.02. The first-order chi connectivity index (χ1) is 13.8. The van der Waals surface area contributed by atoms with Gasteiger partial charge in [0, 0.05) is 5.56 Å². The van der Waals surface area contributed by atoms with Gasteiger partial charge < -0.3 is 14.8 Å². The molecule has 0 aromatic heterocycles. The Labute approximate surface area is 172 Å². The quantitative estimate of drug-likeness (QED) is 0.665. The highest BCUT2D eigenvalue weighted by atomic mass is 35.5. The lowest BCUT2D eigenvalue weighted by molar-refractivity contribution is -0.149. The summed E-state index contributed by atoms with van der Waals surface area (Å²) in [7, 11) is 1.49. The van der Waals surface area contributed by atoms with Crippen molar-refractivity contribution in [2.45, 2.75) is 13.0 Å². The molecule has 0 saturated carbocycles.